The summed E-state index contributed by atoms with van der Waals surface area (Å²) >= 11 is 0. The minimum Gasteiger partial charge on any atom is -0.336 e. The second kappa shape index (κ2) is 7.15. The standard InChI is InChI=1S/C18H20N2O3S/c21-18(20-12-10-19-11-13-20)16-6-8-17(9-7-16)24(22,23)14-15-4-2-1-3-5-15/h1-9,19H,10-14H2. The summed E-state index contributed by atoms with van der Waals surface area (Å²) in [6.07, 6.45) is 0. The minimum atomic E-state index is -3.42. The molecule has 3 rings (SSSR count). The first-order valence-corrected chi connectivity index (χ1v) is 9.58. The number of rotatable bonds is 4. The first kappa shape index (κ1) is 16.7. The largest absolute Gasteiger partial charge is 0.336 e. The summed E-state index contributed by atoms with van der Waals surface area (Å²) in [7, 11) is -3.42. The first-order valence-electron chi connectivity index (χ1n) is 7.93. The Morgan fingerprint density at radius 3 is 2.21 bits per heavy atom. The molecule has 0 saturated carbocycles. The number of benzene rings is 2. The Bertz CT molecular complexity index is 796. The predicted octanol–water partition coefficient (Wildman–Crippen LogP) is 1.71. The molecule has 24 heavy (non-hydrogen) atoms. The van der Waals surface area contributed by atoms with Crippen LogP contribution in [0, 0.1) is 0 Å². The number of carbonyl (C=O) groups excluding carboxylic acids is 1. The summed E-state index contributed by atoms with van der Waals surface area (Å²) in [6.45, 7) is 2.92. The van der Waals surface area contributed by atoms with E-state index in [2.05, 4.69) is 5.32 Å². The molecule has 1 N–H and O–H groups in total. The zero-order valence-corrected chi connectivity index (χ0v) is 14.1. The zero-order chi connectivity index (χ0) is 17.0. The van der Waals surface area contributed by atoms with Gasteiger partial charge >= 0.3 is 0 Å². The first-order chi connectivity index (χ1) is 11.6. The van der Waals surface area contributed by atoms with Crippen LogP contribution in [0.5, 0.6) is 0 Å². The molecule has 1 heterocycles. The fraction of sp³-hybridized carbons (Fsp3) is 0.278. The summed E-state index contributed by atoms with van der Waals surface area (Å²) < 4.78 is 25.0. The highest BCUT2D eigenvalue weighted by Crippen LogP contribution is 2.18. The molecule has 2 aromatic rings. The van der Waals surface area contributed by atoms with Gasteiger partial charge in [0.2, 0.25) is 0 Å². The normalized spacial score (nSPS) is 15.2. The van der Waals surface area contributed by atoms with E-state index in [1.807, 2.05) is 18.2 Å². The SMILES string of the molecule is O=C(c1ccc(S(=O)(=O)Cc2ccccc2)cc1)N1CCNCC1. The summed E-state index contributed by atoms with van der Waals surface area (Å²) in [4.78, 5) is 14.4. The topological polar surface area (TPSA) is 66.5 Å². The van der Waals surface area contributed by atoms with Crippen LogP contribution in [-0.2, 0) is 15.6 Å². The van der Waals surface area contributed by atoms with Crippen molar-refractivity contribution in [3.63, 3.8) is 0 Å². The Labute approximate surface area is 142 Å². The summed E-state index contributed by atoms with van der Waals surface area (Å²) in [5.41, 5.74) is 1.27. The van der Waals surface area contributed by atoms with E-state index >= 15 is 0 Å². The highest BCUT2D eigenvalue weighted by Gasteiger charge is 2.20. The molecule has 126 valence electrons. The van der Waals surface area contributed by atoms with Crippen LogP contribution in [0.3, 0.4) is 0 Å². The number of hydrogen-bond acceptors (Lipinski definition) is 4. The maximum Gasteiger partial charge on any atom is 0.253 e. The van der Waals surface area contributed by atoms with Crippen molar-refractivity contribution in [1.82, 2.24) is 10.2 Å². The smallest absolute Gasteiger partial charge is 0.253 e. The fourth-order valence-electron chi connectivity index (χ4n) is 2.73. The average molecular weight is 344 g/mol. The van der Waals surface area contributed by atoms with Gasteiger partial charge in [0.1, 0.15) is 0 Å². The van der Waals surface area contributed by atoms with Crippen LogP contribution in [0.4, 0.5) is 0 Å². The third kappa shape index (κ3) is 3.83. The van der Waals surface area contributed by atoms with Crippen molar-refractivity contribution in [1.29, 1.82) is 0 Å². The maximum atomic E-state index is 12.5. The van der Waals surface area contributed by atoms with E-state index in [-0.39, 0.29) is 16.6 Å². The van der Waals surface area contributed by atoms with Crippen molar-refractivity contribution >= 4 is 15.7 Å². The van der Waals surface area contributed by atoms with Gasteiger partial charge in [0.25, 0.3) is 5.91 Å². The summed E-state index contributed by atoms with van der Waals surface area (Å²) in [5.74, 6) is -0.0950. The quantitative estimate of drug-likeness (QED) is 0.917. The van der Waals surface area contributed by atoms with Crippen molar-refractivity contribution in [2.24, 2.45) is 0 Å². The molecule has 0 radical (unpaired) electrons. The van der Waals surface area contributed by atoms with Crippen molar-refractivity contribution in [3.05, 3.63) is 65.7 Å². The Morgan fingerprint density at radius 2 is 1.58 bits per heavy atom. The number of amides is 1. The molecule has 0 spiro atoms. The van der Waals surface area contributed by atoms with E-state index in [4.69, 9.17) is 0 Å². The van der Waals surface area contributed by atoms with Gasteiger partial charge in [-0.1, -0.05) is 30.3 Å². The number of nitrogens with zero attached hydrogens (tertiary/aromatic N) is 1. The fourth-order valence-corrected chi connectivity index (χ4v) is 4.08. The molecule has 1 aliphatic heterocycles. The second-order valence-corrected chi connectivity index (χ2v) is 7.80. The molecule has 0 aromatic heterocycles. The van der Waals surface area contributed by atoms with E-state index in [1.165, 1.54) is 12.1 Å². The molecule has 6 heteroatoms. The van der Waals surface area contributed by atoms with Gasteiger partial charge in [0.05, 0.1) is 10.6 Å². The number of hydrogen-bond donors (Lipinski definition) is 1. The van der Waals surface area contributed by atoms with Crippen LogP contribution in [-0.4, -0.2) is 45.4 Å². The van der Waals surface area contributed by atoms with Gasteiger partial charge in [-0.15, -0.1) is 0 Å². The highest BCUT2D eigenvalue weighted by molar-refractivity contribution is 7.90. The maximum absolute atomic E-state index is 12.5. The third-order valence-electron chi connectivity index (χ3n) is 4.06. The highest BCUT2D eigenvalue weighted by atomic mass is 32.2. The molecular weight excluding hydrogens is 324 g/mol. The average Bonchev–Trinajstić information content (AvgIpc) is 2.62. The van der Waals surface area contributed by atoms with Gasteiger partial charge in [-0.2, -0.15) is 0 Å². The Hall–Kier alpha value is -2.18. The number of piperazine rings is 1. The monoisotopic (exact) mass is 344 g/mol. The van der Waals surface area contributed by atoms with Gasteiger partial charge in [-0.3, -0.25) is 4.79 Å². The second-order valence-electron chi connectivity index (χ2n) is 5.81. The predicted molar refractivity (Wildman–Crippen MR) is 92.5 cm³/mol. The van der Waals surface area contributed by atoms with Crippen molar-refractivity contribution in [2.45, 2.75) is 10.6 Å². The molecule has 0 unspecified atom stereocenters. The van der Waals surface area contributed by atoms with Crippen molar-refractivity contribution in [2.75, 3.05) is 26.2 Å². The van der Waals surface area contributed by atoms with Crippen LogP contribution in [0.1, 0.15) is 15.9 Å². The molecule has 1 aliphatic rings. The Morgan fingerprint density at radius 1 is 0.958 bits per heavy atom. The molecule has 1 saturated heterocycles. The van der Waals surface area contributed by atoms with E-state index in [1.54, 1.807) is 29.2 Å². The van der Waals surface area contributed by atoms with Gasteiger partial charge in [0, 0.05) is 31.7 Å². The molecule has 0 atom stereocenters. The Balaban J connectivity index is 1.75. The molecule has 1 amide bonds. The Kier molecular flexibility index (Phi) is 4.97. The van der Waals surface area contributed by atoms with Crippen LogP contribution < -0.4 is 5.32 Å². The molecular formula is C18H20N2O3S. The summed E-state index contributed by atoms with van der Waals surface area (Å²) in [5, 5.41) is 3.20. The molecule has 0 aliphatic carbocycles. The van der Waals surface area contributed by atoms with Crippen LogP contribution in [0.2, 0.25) is 0 Å². The lowest BCUT2D eigenvalue weighted by atomic mass is 10.2. The zero-order valence-electron chi connectivity index (χ0n) is 13.3. The van der Waals surface area contributed by atoms with Gasteiger partial charge < -0.3 is 10.2 Å². The van der Waals surface area contributed by atoms with E-state index in [0.717, 1.165) is 18.7 Å². The van der Waals surface area contributed by atoms with E-state index < -0.39 is 9.84 Å². The summed E-state index contributed by atoms with van der Waals surface area (Å²) in [6, 6.07) is 15.3. The van der Waals surface area contributed by atoms with Gasteiger partial charge in [0.15, 0.2) is 9.84 Å². The number of carbonyl (C=O) groups is 1. The van der Waals surface area contributed by atoms with Crippen LogP contribution in [0.15, 0.2) is 59.5 Å². The van der Waals surface area contributed by atoms with Gasteiger partial charge in [-0.05, 0) is 29.8 Å². The van der Waals surface area contributed by atoms with E-state index in [0.29, 0.717) is 18.7 Å². The minimum absolute atomic E-state index is 0.0427. The van der Waals surface area contributed by atoms with Crippen molar-refractivity contribution in [3.8, 4) is 0 Å². The van der Waals surface area contributed by atoms with E-state index in [9.17, 15) is 13.2 Å². The molecule has 1 fully saturated rings. The number of nitrogens with one attached hydrogen (secondary N) is 1. The lowest BCUT2D eigenvalue weighted by molar-refractivity contribution is 0.0735. The lowest BCUT2D eigenvalue weighted by Gasteiger charge is -2.27. The molecule has 2 aromatic carbocycles. The molecule has 5 nitrogen and oxygen atoms in total. The third-order valence-corrected chi connectivity index (χ3v) is 5.77. The number of sulfone groups is 1. The van der Waals surface area contributed by atoms with Crippen molar-refractivity contribution < 1.29 is 13.2 Å². The van der Waals surface area contributed by atoms with Gasteiger partial charge in [-0.25, -0.2) is 8.42 Å². The van der Waals surface area contributed by atoms with Crippen LogP contribution >= 0.6 is 0 Å². The lowest BCUT2D eigenvalue weighted by Crippen LogP contribution is -2.46. The molecule has 0 bridgehead atoms. The van der Waals surface area contributed by atoms with Crippen LogP contribution in [0.25, 0.3) is 0 Å².